The average molecular weight is 452 g/mol. The fraction of sp³-hybridized carbons (Fsp3) is 0.500. The topological polar surface area (TPSA) is 92.1 Å². The van der Waals surface area contributed by atoms with Gasteiger partial charge in [0.05, 0.1) is 11.9 Å². The van der Waals surface area contributed by atoms with Crippen LogP contribution in [0.15, 0.2) is 6.07 Å². The summed E-state index contributed by atoms with van der Waals surface area (Å²) in [6, 6.07) is 1.77. The first-order chi connectivity index (χ1) is 14.8. The number of nitrogens with zero attached hydrogens (tertiary/aromatic N) is 7. The molecule has 13 heteroatoms. The molecule has 1 saturated heterocycles. The number of urea groups is 1. The van der Waals surface area contributed by atoms with Crippen LogP contribution < -0.4 is 15.1 Å². The summed E-state index contributed by atoms with van der Waals surface area (Å²) in [5.74, 6) is 0.145. The maximum Gasteiger partial charge on any atom is 0.451 e. The highest BCUT2D eigenvalue weighted by Gasteiger charge is 2.40. The molecule has 2 amide bonds. The maximum absolute atomic E-state index is 13.2. The molecule has 5 heterocycles. The van der Waals surface area contributed by atoms with Gasteiger partial charge in [-0.1, -0.05) is 13.3 Å². The van der Waals surface area contributed by atoms with Crippen LogP contribution in [0.1, 0.15) is 29.9 Å². The summed E-state index contributed by atoms with van der Waals surface area (Å²) in [5.41, 5.74) is 0. The van der Waals surface area contributed by atoms with E-state index in [4.69, 9.17) is 0 Å². The molecule has 0 aliphatic carbocycles. The van der Waals surface area contributed by atoms with Gasteiger partial charge < -0.3 is 14.8 Å². The number of thiophene rings is 1. The fourth-order valence-electron chi connectivity index (χ4n) is 3.89. The number of hydrogen-bond acceptors (Lipinski definition) is 7. The van der Waals surface area contributed by atoms with Gasteiger partial charge in [-0.2, -0.15) is 18.2 Å². The van der Waals surface area contributed by atoms with E-state index < -0.39 is 12.0 Å². The second-order valence-corrected chi connectivity index (χ2v) is 8.54. The van der Waals surface area contributed by atoms with E-state index in [9.17, 15) is 18.0 Å². The number of halogens is 3. The van der Waals surface area contributed by atoms with Gasteiger partial charge in [0.25, 0.3) is 0 Å². The van der Waals surface area contributed by atoms with Crippen molar-refractivity contribution in [3.05, 3.63) is 22.6 Å². The standard InChI is InChI=1S/C18H19F3N8OS/c1-2-3-10-8-11-13(23-16(24-14(11)31-10)29-5-4-22-17(29)30)27-6-7-28-12(9-27)25-26-15(28)18(19,20)21/h8H,2-7,9H2,1H3,(H,22,30). The number of anilines is 2. The van der Waals surface area contributed by atoms with Crippen LogP contribution in [0.25, 0.3) is 10.2 Å². The third-order valence-corrected chi connectivity index (χ3v) is 6.40. The molecule has 0 spiro atoms. The van der Waals surface area contributed by atoms with Crippen LogP contribution in [0.5, 0.6) is 0 Å². The minimum absolute atomic E-state index is 0.0914. The third kappa shape index (κ3) is 3.46. The number of carbonyl (C=O) groups excluding carboxylic acids is 1. The van der Waals surface area contributed by atoms with Crippen molar-refractivity contribution in [2.75, 3.05) is 29.4 Å². The summed E-state index contributed by atoms with van der Waals surface area (Å²) in [6.07, 6.45) is -2.68. The number of aromatic nitrogens is 5. The van der Waals surface area contributed by atoms with Crippen LogP contribution in [0.2, 0.25) is 0 Å². The Bertz CT molecular complexity index is 1160. The first kappa shape index (κ1) is 20.0. The fourth-order valence-corrected chi connectivity index (χ4v) is 5.01. The zero-order valence-corrected chi connectivity index (χ0v) is 17.4. The Morgan fingerprint density at radius 1 is 1.19 bits per heavy atom. The third-order valence-electron chi connectivity index (χ3n) is 5.31. The summed E-state index contributed by atoms with van der Waals surface area (Å²) >= 11 is 1.55. The van der Waals surface area contributed by atoms with E-state index in [1.807, 2.05) is 11.0 Å². The largest absolute Gasteiger partial charge is 0.451 e. The molecule has 0 atom stereocenters. The first-order valence-electron chi connectivity index (χ1n) is 9.95. The van der Waals surface area contributed by atoms with E-state index in [1.54, 1.807) is 11.3 Å². The highest BCUT2D eigenvalue weighted by molar-refractivity contribution is 7.18. The van der Waals surface area contributed by atoms with Gasteiger partial charge >= 0.3 is 12.2 Å². The number of amides is 2. The molecular weight excluding hydrogens is 433 g/mol. The van der Waals surface area contributed by atoms with E-state index in [-0.39, 0.29) is 24.9 Å². The van der Waals surface area contributed by atoms with Crippen molar-refractivity contribution < 1.29 is 18.0 Å². The highest BCUT2D eigenvalue weighted by atomic mass is 32.1. The predicted molar refractivity (Wildman–Crippen MR) is 108 cm³/mol. The Morgan fingerprint density at radius 2 is 2.03 bits per heavy atom. The van der Waals surface area contributed by atoms with E-state index in [1.165, 1.54) is 4.90 Å². The molecule has 1 N–H and O–H groups in total. The molecule has 164 valence electrons. The number of carbonyl (C=O) groups is 1. The Kier molecular flexibility index (Phi) is 4.72. The van der Waals surface area contributed by atoms with Crippen molar-refractivity contribution in [1.29, 1.82) is 0 Å². The Hall–Kier alpha value is -2.96. The monoisotopic (exact) mass is 452 g/mol. The molecular formula is C18H19F3N8OS. The lowest BCUT2D eigenvalue weighted by Gasteiger charge is -2.29. The van der Waals surface area contributed by atoms with Crippen molar-refractivity contribution in [1.82, 2.24) is 30.0 Å². The first-order valence-corrected chi connectivity index (χ1v) is 10.8. The van der Waals surface area contributed by atoms with Gasteiger partial charge in [-0.15, -0.1) is 21.5 Å². The van der Waals surface area contributed by atoms with Gasteiger partial charge in [0.15, 0.2) is 5.82 Å². The minimum Gasteiger partial charge on any atom is -0.347 e. The molecule has 0 aromatic carbocycles. The van der Waals surface area contributed by atoms with E-state index in [2.05, 4.69) is 32.4 Å². The van der Waals surface area contributed by atoms with Gasteiger partial charge in [-0.25, -0.2) is 9.78 Å². The maximum atomic E-state index is 13.2. The number of rotatable bonds is 4. The van der Waals surface area contributed by atoms with Crippen LogP contribution in [-0.2, 0) is 25.7 Å². The normalized spacial score (nSPS) is 16.8. The van der Waals surface area contributed by atoms with Crippen LogP contribution in [0.4, 0.5) is 29.7 Å². The van der Waals surface area contributed by atoms with Crippen LogP contribution in [-0.4, -0.2) is 50.4 Å². The molecule has 0 bridgehead atoms. The quantitative estimate of drug-likeness (QED) is 0.655. The van der Waals surface area contributed by atoms with Crippen LogP contribution in [0, 0.1) is 0 Å². The number of aryl methyl sites for hydroxylation is 1. The molecule has 0 saturated carbocycles. The molecule has 0 unspecified atom stereocenters. The Labute approximate surface area is 178 Å². The van der Waals surface area contributed by atoms with Crippen molar-refractivity contribution in [2.45, 2.75) is 39.0 Å². The molecule has 1 fully saturated rings. The summed E-state index contributed by atoms with van der Waals surface area (Å²) in [6.45, 7) is 3.60. The van der Waals surface area contributed by atoms with Gasteiger partial charge in [0.1, 0.15) is 10.6 Å². The molecule has 2 aliphatic heterocycles. The summed E-state index contributed by atoms with van der Waals surface area (Å²) in [5, 5.41) is 10.7. The van der Waals surface area contributed by atoms with Gasteiger partial charge in [-0.05, 0) is 12.5 Å². The Morgan fingerprint density at radius 3 is 2.74 bits per heavy atom. The Balaban J connectivity index is 1.56. The van der Waals surface area contributed by atoms with Gasteiger partial charge in [0.2, 0.25) is 11.8 Å². The molecule has 3 aromatic rings. The van der Waals surface area contributed by atoms with Crippen molar-refractivity contribution in [2.24, 2.45) is 0 Å². The zero-order chi connectivity index (χ0) is 21.8. The van der Waals surface area contributed by atoms with Crippen LogP contribution >= 0.6 is 11.3 Å². The van der Waals surface area contributed by atoms with Crippen molar-refractivity contribution in [3.8, 4) is 0 Å². The second-order valence-electron chi connectivity index (χ2n) is 7.42. The number of alkyl halides is 3. The van der Waals surface area contributed by atoms with E-state index in [0.29, 0.717) is 31.4 Å². The molecule has 3 aromatic heterocycles. The van der Waals surface area contributed by atoms with Crippen molar-refractivity contribution in [3.63, 3.8) is 0 Å². The number of nitrogens with one attached hydrogen (secondary N) is 1. The van der Waals surface area contributed by atoms with E-state index in [0.717, 1.165) is 32.5 Å². The summed E-state index contributed by atoms with van der Waals surface area (Å²) < 4.78 is 40.6. The number of hydrogen-bond donors (Lipinski definition) is 1. The zero-order valence-electron chi connectivity index (χ0n) is 16.6. The summed E-state index contributed by atoms with van der Waals surface area (Å²) in [7, 11) is 0. The molecule has 5 rings (SSSR count). The molecule has 0 radical (unpaired) electrons. The lowest BCUT2D eigenvalue weighted by Crippen LogP contribution is -2.36. The van der Waals surface area contributed by atoms with Gasteiger partial charge in [-0.3, -0.25) is 4.90 Å². The second kappa shape index (κ2) is 7.32. The smallest absolute Gasteiger partial charge is 0.347 e. The minimum atomic E-state index is -4.55. The van der Waals surface area contributed by atoms with Crippen molar-refractivity contribution >= 4 is 39.4 Å². The number of fused-ring (bicyclic) bond motifs is 2. The van der Waals surface area contributed by atoms with Crippen LogP contribution in [0.3, 0.4) is 0 Å². The predicted octanol–water partition coefficient (Wildman–Crippen LogP) is 2.80. The average Bonchev–Trinajstić information content (AvgIpc) is 3.43. The molecule has 31 heavy (non-hydrogen) atoms. The molecule has 2 aliphatic rings. The van der Waals surface area contributed by atoms with E-state index >= 15 is 0 Å². The molecule has 9 nitrogen and oxygen atoms in total. The SMILES string of the molecule is CCCc1cc2c(N3CCn4c(nnc4C(F)(F)F)C3)nc(N3CCNC3=O)nc2s1. The highest BCUT2D eigenvalue weighted by Crippen LogP contribution is 2.36. The van der Waals surface area contributed by atoms with Gasteiger partial charge in [0, 0.05) is 31.1 Å². The summed E-state index contributed by atoms with van der Waals surface area (Å²) in [4.78, 5) is 26.7. The lowest BCUT2D eigenvalue weighted by molar-refractivity contribution is -0.147. The lowest BCUT2D eigenvalue weighted by atomic mass is 10.2.